The molecule has 3 rings (SSSR count). The van der Waals surface area contributed by atoms with Crippen LogP contribution in [0.5, 0.6) is 0 Å². The van der Waals surface area contributed by atoms with Gasteiger partial charge < -0.3 is 10.1 Å². The fraction of sp³-hybridized carbons (Fsp3) is 0.333. The number of hydrogen-bond donors (Lipinski definition) is 1. The summed E-state index contributed by atoms with van der Waals surface area (Å²) < 4.78 is 5.81. The lowest BCUT2D eigenvalue weighted by Crippen LogP contribution is -2.44. The lowest BCUT2D eigenvalue weighted by atomic mass is 10.1. The highest BCUT2D eigenvalue weighted by Crippen LogP contribution is 2.28. The minimum Gasteiger partial charge on any atom is -0.371 e. The van der Waals surface area contributed by atoms with Crippen molar-refractivity contribution in [2.24, 2.45) is 0 Å². The van der Waals surface area contributed by atoms with Crippen LogP contribution in [0, 0.1) is 0 Å². The van der Waals surface area contributed by atoms with Crippen molar-refractivity contribution in [2.75, 3.05) is 26.2 Å². The van der Waals surface area contributed by atoms with Crippen LogP contribution in [0.15, 0.2) is 42.6 Å². The van der Waals surface area contributed by atoms with E-state index in [2.05, 4.69) is 15.2 Å². The summed E-state index contributed by atoms with van der Waals surface area (Å²) in [6.45, 7) is 2.68. The van der Waals surface area contributed by atoms with E-state index >= 15 is 0 Å². The van der Waals surface area contributed by atoms with Gasteiger partial charge in [-0.15, -0.1) is 0 Å². The first-order chi connectivity index (χ1) is 12.1. The maximum absolute atomic E-state index is 12.2. The number of rotatable bonds is 5. The Morgan fingerprint density at radius 1 is 1.28 bits per heavy atom. The summed E-state index contributed by atoms with van der Waals surface area (Å²) in [5, 5.41) is 3.92. The highest BCUT2D eigenvalue weighted by atomic mass is 35.5. The zero-order chi connectivity index (χ0) is 17.6. The molecule has 0 radical (unpaired) electrons. The first kappa shape index (κ1) is 18.1. The van der Waals surface area contributed by atoms with Crippen LogP contribution in [0.25, 0.3) is 0 Å². The molecule has 2 aromatic rings. The van der Waals surface area contributed by atoms with E-state index in [0.29, 0.717) is 36.3 Å². The molecule has 1 aliphatic heterocycles. The molecule has 5 nitrogen and oxygen atoms in total. The zero-order valence-corrected chi connectivity index (χ0v) is 15.1. The van der Waals surface area contributed by atoms with Crippen molar-refractivity contribution in [3.63, 3.8) is 0 Å². The van der Waals surface area contributed by atoms with Gasteiger partial charge in [0.1, 0.15) is 0 Å². The molecule has 7 heteroatoms. The van der Waals surface area contributed by atoms with Crippen LogP contribution in [0.4, 0.5) is 0 Å². The molecule has 0 aliphatic carbocycles. The van der Waals surface area contributed by atoms with Crippen molar-refractivity contribution in [2.45, 2.75) is 12.6 Å². The first-order valence-corrected chi connectivity index (χ1v) is 8.83. The molecule has 1 amide bonds. The second-order valence-corrected chi connectivity index (χ2v) is 6.68. The molecular weight excluding hydrogens is 361 g/mol. The molecular formula is C18H19Cl2N3O2. The number of halogens is 2. The van der Waals surface area contributed by atoms with Gasteiger partial charge in [-0.05, 0) is 29.8 Å². The fourth-order valence-electron chi connectivity index (χ4n) is 2.71. The standard InChI is InChI=1S/C18H19Cl2N3O2/c19-15-5-4-13(9-16(15)20)17-11-23(7-8-25-17)12-18(24)22-10-14-3-1-2-6-21-14/h1-6,9,17H,7-8,10-12H2,(H,22,24)/t17-/m1/s1. The molecule has 0 saturated carbocycles. The second-order valence-electron chi connectivity index (χ2n) is 5.87. The van der Waals surface area contributed by atoms with E-state index < -0.39 is 0 Å². The summed E-state index contributed by atoms with van der Waals surface area (Å²) >= 11 is 12.0. The van der Waals surface area contributed by atoms with Gasteiger partial charge in [-0.2, -0.15) is 0 Å². The summed E-state index contributed by atoms with van der Waals surface area (Å²) in [6, 6.07) is 11.1. The summed E-state index contributed by atoms with van der Waals surface area (Å²) in [5.74, 6) is -0.0274. The summed E-state index contributed by atoms with van der Waals surface area (Å²) in [5.41, 5.74) is 1.81. The highest BCUT2D eigenvalue weighted by Gasteiger charge is 2.24. The molecule has 0 unspecified atom stereocenters. The molecule has 1 fully saturated rings. The van der Waals surface area contributed by atoms with Gasteiger partial charge in [0, 0.05) is 19.3 Å². The molecule has 1 saturated heterocycles. The Morgan fingerprint density at radius 3 is 2.92 bits per heavy atom. The number of carbonyl (C=O) groups is 1. The average Bonchev–Trinajstić information content (AvgIpc) is 2.63. The number of pyridine rings is 1. The van der Waals surface area contributed by atoms with Crippen molar-refractivity contribution in [1.82, 2.24) is 15.2 Å². The van der Waals surface area contributed by atoms with Gasteiger partial charge >= 0.3 is 0 Å². The van der Waals surface area contributed by atoms with Gasteiger partial charge in [0.25, 0.3) is 0 Å². The summed E-state index contributed by atoms with van der Waals surface area (Å²) in [7, 11) is 0. The molecule has 0 spiro atoms. The number of hydrogen-bond acceptors (Lipinski definition) is 4. The van der Waals surface area contributed by atoms with Crippen LogP contribution < -0.4 is 5.32 Å². The van der Waals surface area contributed by atoms with Crippen LogP contribution in [0.2, 0.25) is 10.0 Å². The van der Waals surface area contributed by atoms with E-state index in [1.165, 1.54) is 0 Å². The Bertz CT molecular complexity index is 728. The van der Waals surface area contributed by atoms with Crippen LogP contribution in [-0.2, 0) is 16.1 Å². The molecule has 1 N–H and O–H groups in total. The molecule has 0 bridgehead atoms. The Balaban J connectivity index is 1.52. The molecule has 2 heterocycles. The smallest absolute Gasteiger partial charge is 0.234 e. The van der Waals surface area contributed by atoms with Gasteiger partial charge in [0.2, 0.25) is 5.91 Å². The van der Waals surface area contributed by atoms with E-state index in [1.54, 1.807) is 12.3 Å². The quantitative estimate of drug-likeness (QED) is 0.866. The summed E-state index contributed by atoms with van der Waals surface area (Å²) in [4.78, 5) is 18.4. The van der Waals surface area contributed by atoms with Gasteiger partial charge in [0.05, 0.1) is 41.5 Å². The number of nitrogens with one attached hydrogen (secondary N) is 1. The number of amides is 1. The largest absolute Gasteiger partial charge is 0.371 e. The Morgan fingerprint density at radius 2 is 2.16 bits per heavy atom. The van der Waals surface area contributed by atoms with Crippen molar-refractivity contribution in [3.8, 4) is 0 Å². The fourth-order valence-corrected chi connectivity index (χ4v) is 3.02. The minimum atomic E-state index is -0.118. The van der Waals surface area contributed by atoms with Gasteiger partial charge in [-0.3, -0.25) is 14.7 Å². The number of carbonyl (C=O) groups excluding carboxylic acids is 1. The van der Waals surface area contributed by atoms with E-state index in [9.17, 15) is 4.79 Å². The lowest BCUT2D eigenvalue weighted by molar-refractivity contribution is -0.124. The highest BCUT2D eigenvalue weighted by molar-refractivity contribution is 6.42. The predicted octanol–water partition coefficient (Wildman–Crippen LogP) is 3.08. The van der Waals surface area contributed by atoms with Crippen molar-refractivity contribution in [1.29, 1.82) is 0 Å². The number of nitrogens with zero attached hydrogens (tertiary/aromatic N) is 2. The maximum atomic E-state index is 12.2. The molecule has 1 aromatic carbocycles. The number of aromatic nitrogens is 1. The van der Waals surface area contributed by atoms with Crippen molar-refractivity contribution >= 4 is 29.1 Å². The Hall–Kier alpha value is -1.66. The van der Waals surface area contributed by atoms with E-state index in [4.69, 9.17) is 27.9 Å². The Kier molecular flexibility index (Phi) is 6.26. The molecule has 1 aliphatic rings. The molecule has 1 atom stereocenters. The second kappa shape index (κ2) is 8.63. The third kappa shape index (κ3) is 5.16. The van der Waals surface area contributed by atoms with E-state index in [-0.39, 0.29) is 12.0 Å². The van der Waals surface area contributed by atoms with Gasteiger partial charge in [-0.25, -0.2) is 0 Å². The van der Waals surface area contributed by atoms with E-state index in [0.717, 1.165) is 17.8 Å². The van der Waals surface area contributed by atoms with Crippen LogP contribution in [0.3, 0.4) is 0 Å². The number of ether oxygens (including phenoxy) is 1. The van der Waals surface area contributed by atoms with Crippen LogP contribution in [-0.4, -0.2) is 42.0 Å². The third-order valence-electron chi connectivity index (χ3n) is 4.03. The van der Waals surface area contributed by atoms with Gasteiger partial charge in [0.15, 0.2) is 0 Å². The third-order valence-corrected chi connectivity index (χ3v) is 4.77. The Labute approximate surface area is 156 Å². The molecule has 132 valence electrons. The van der Waals surface area contributed by atoms with Crippen molar-refractivity contribution < 1.29 is 9.53 Å². The van der Waals surface area contributed by atoms with Crippen LogP contribution >= 0.6 is 23.2 Å². The SMILES string of the molecule is O=C(CN1CCO[C@@H](c2ccc(Cl)c(Cl)c2)C1)NCc1ccccn1. The number of benzene rings is 1. The van der Waals surface area contributed by atoms with Crippen LogP contribution in [0.1, 0.15) is 17.4 Å². The maximum Gasteiger partial charge on any atom is 0.234 e. The first-order valence-electron chi connectivity index (χ1n) is 8.07. The lowest BCUT2D eigenvalue weighted by Gasteiger charge is -2.32. The summed E-state index contributed by atoms with van der Waals surface area (Å²) in [6.07, 6.45) is 1.60. The normalized spacial score (nSPS) is 18.1. The topological polar surface area (TPSA) is 54.5 Å². The predicted molar refractivity (Wildman–Crippen MR) is 97.7 cm³/mol. The van der Waals surface area contributed by atoms with E-state index in [1.807, 2.05) is 30.3 Å². The average molecular weight is 380 g/mol. The monoisotopic (exact) mass is 379 g/mol. The number of morpholine rings is 1. The zero-order valence-electron chi connectivity index (χ0n) is 13.6. The minimum absolute atomic E-state index is 0.0274. The van der Waals surface area contributed by atoms with Crippen molar-refractivity contribution in [3.05, 3.63) is 63.9 Å². The van der Waals surface area contributed by atoms with Gasteiger partial charge in [-0.1, -0.05) is 35.3 Å². The molecule has 25 heavy (non-hydrogen) atoms. The molecule has 1 aromatic heterocycles.